The van der Waals surface area contributed by atoms with Gasteiger partial charge in [-0.15, -0.1) is 0 Å². The first-order valence-corrected chi connectivity index (χ1v) is 11.2. The van der Waals surface area contributed by atoms with E-state index < -0.39 is 0 Å². The molecular weight excluding hydrogens is 434 g/mol. The van der Waals surface area contributed by atoms with E-state index in [0.717, 1.165) is 17.0 Å². The molecular formula is C26H25N3O5. The van der Waals surface area contributed by atoms with Gasteiger partial charge in [0.2, 0.25) is 0 Å². The number of methoxy groups -OCH3 is 1. The van der Waals surface area contributed by atoms with Crippen LogP contribution in [-0.2, 0) is 14.4 Å². The summed E-state index contributed by atoms with van der Waals surface area (Å²) in [5.41, 5.74) is 2.13. The number of hydrazone groups is 1. The van der Waals surface area contributed by atoms with Crippen LogP contribution in [0.15, 0.2) is 59.7 Å². The number of imide groups is 1. The Kier molecular flexibility index (Phi) is 5.65. The number of nitrogens with one attached hydrogen (secondary N) is 1. The van der Waals surface area contributed by atoms with Gasteiger partial charge in [0.1, 0.15) is 0 Å². The Labute approximate surface area is 197 Å². The molecule has 5 rings (SSSR count). The van der Waals surface area contributed by atoms with E-state index in [1.165, 1.54) is 13.3 Å². The van der Waals surface area contributed by atoms with Crippen molar-refractivity contribution >= 4 is 29.6 Å². The maximum atomic E-state index is 12.9. The molecule has 3 amide bonds. The second-order valence-electron chi connectivity index (χ2n) is 8.76. The molecule has 1 N–H and O–H groups in total. The fourth-order valence-electron chi connectivity index (χ4n) is 5.11. The van der Waals surface area contributed by atoms with Gasteiger partial charge < -0.3 is 14.8 Å². The predicted molar refractivity (Wildman–Crippen MR) is 125 cm³/mol. The number of aryl methyl sites for hydroxylation is 1. The molecule has 0 spiro atoms. The largest absolute Gasteiger partial charge is 0.493 e. The molecule has 1 aliphatic heterocycles. The second kappa shape index (κ2) is 8.78. The first-order valence-electron chi connectivity index (χ1n) is 11.2. The van der Waals surface area contributed by atoms with E-state index in [2.05, 4.69) is 10.4 Å². The molecule has 2 aromatic carbocycles. The zero-order chi connectivity index (χ0) is 23.8. The number of anilines is 1. The maximum absolute atomic E-state index is 12.9. The Bertz CT molecular complexity index is 1190. The Morgan fingerprint density at radius 1 is 1.09 bits per heavy atom. The fourth-order valence-corrected chi connectivity index (χ4v) is 5.11. The average Bonchev–Trinajstić information content (AvgIpc) is 3.52. The van der Waals surface area contributed by atoms with Crippen molar-refractivity contribution < 1.29 is 23.9 Å². The van der Waals surface area contributed by atoms with E-state index in [9.17, 15) is 14.4 Å². The van der Waals surface area contributed by atoms with Crippen LogP contribution in [0.5, 0.6) is 11.5 Å². The molecule has 0 aromatic heterocycles. The highest BCUT2D eigenvalue weighted by Gasteiger charge is 2.59. The van der Waals surface area contributed by atoms with Crippen LogP contribution in [0.4, 0.5) is 5.69 Å². The number of fused-ring (bicyclic) bond motifs is 5. The number of benzene rings is 2. The molecule has 1 heterocycles. The molecule has 1 saturated carbocycles. The van der Waals surface area contributed by atoms with Crippen LogP contribution in [-0.4, -0.2) is 42.7 Å². The summed E-state index contributed by atoms with van der Waals surface area (Å²) in [6.07, 6.45) is 6.35. The van der Waals surface area contributed by atoms with Gasteiger partial charge in [-0.1, -0.05) is 36.4 Å². The standard InChI is InChI=1S/C26H25N3O5/c1-15-6-3-4-8-19(15)28-21(30)14-34-24-18(7-5-9-20(24)33-2)13-27-29-25(31)22-16-10-11-17(12-16)23(22)26(29)32/h3-11,13,16-17,22-23H,12,14H2,1-2H3,(H,28,30)/t16-,17-,22-,23+/m0/s1. The molecule has 4 atom stereocenters. The van der Waals surface area contributed by atoms with Crippen molar-refractivity contribution in [3.63, 3.8) is 0 Å². The van der Waals surface area contributed by atoms with Crippen LogP contribution in [0.3, 0.4) is 0 Å². The number of hydrogen-bond acceptors (Lipinski definition) is 6. The van der Waals surface area contributed by atoms with Gasteiger partial charge >= 0.3 is 0 Å². The lowest BCUT2D eigenvalue weighted by Crippen LogP contribution is -2.28. The van der Waals surface area contributed by atoms with Crippen molar-refractivity contribution in [2.45, 2.75) is 13.3 Å². The third-order valence-corrected chi connectivity index (χ3v) is 6.76. The SMILES string of the molecule is COc1cccc(C=NN2C(=O)[C@@H]3[C@H](C2=O)[C@H]2C=C[C@H]3C2)c1OCC(=O)Nc1ccccc1C. The highest BCUT2D eigenvalue weighted by atomic mass is 16.5. The zero-order valence-corrected chi connectivity index (χ0v) is 18.9. The zero-order valence-electron chi connectivity index (χ0n) is 18.9. The number of amides is 3. The van der Waals surface area contributed by atoms with Crippen LogP contribution < -0.4 is 14.8 Å². The van der Waals surface area contributed by atoms with E-state index in [1.54, 1.807) is 18.2 Å². The molecule has 2 aliphatic carbocycles. The van der Waals surface area contributed by atoms with Gasteiger partial charge in [0.05, 0.1) is 25.2 Å². The second-order valence-corrected chi connectivity index (χ2v) is 8.76. The van der Waals surface area contributed by atoms with E-state index in [1.807, 2.05) is 43.3 Å². The van der Waals surface area contributed by atoms with Crippen molar-refractivity contribution in [3.8, 4) is 11.5 Å². The lowest BCUT2D eigenvalue weighted by molar-refractivity contribution is -0.140. The summed E-state index contributed by atoms with van der Waals surface area (Å²) in [6.45, 7) is 1.65. The van der Waals surface area contributed by atoms with Crippen molar-refractivity contribution in [1.82, 2.24) is 5.01 Å². The molecule has 1 saturated heterocycles. The lowest BCUT2D eigenvalue weighted by atomic mass is 9.85. The summed E-state index contributed by atoms with van der Waals surface area (Å²) in [7, 11) is 1.49. The number of nitrogens with zero attached hydrogens (tertiary/aromatic N) is 2. The van der Waals surface area contributed by atoms with E-state index >= 15 is 0 Å². The minimum Gasteiger partial charge on any atom is -0.493 e. The molecule has 2 aromatic rings. The van der Waals surface area contributed by atoms with Crippen LogP contribution >= 0.6 is 0 Å². The molecule has 2 fully saturated rings. The quantitative estimate of drug-likeness (QED) is 0.390. The smallest absolute Gasteiger partial charge is 0.262 e. The third-order valence-electron chi connectivity index (χ3n) is 6.76. The Hall–Kier alpha value is -3.94. The van der Waals surface area contributed by atoms with Gasteiger partial charge in [0, 0.05) is 11.3 Å². The molecule has 2 bridgehead atoms. The Morgan fingerprint density at radius 2 is 1.79 bits per heavy atom. The summed E-state index contributed by atoms with van der Waals surface area (Å²) in [5.74, 6) is -0.527. The first-order chi connectivity index (χ1) is 16.5. The molecule has 8 heteroatoms. The molecule has 0 unspecified atom stereocenters. The predicted octanol–water partition coefficient (Wildman–Crippen LogP) is 3.16. The summed E-state index contributed by atoms with van der Waals surface area (Å²) >= 11 is 0. The van der Waals surface area contributed by atoms with E-state index in [4.69, 9.17) is 9.47 Å². The van der Waals surface area contributed by atoms with Crippen molar-refractivity contribution in [2.24, 2.45) is 28.8 Å². The van der Waals surface area contributed by atoms with E-state index in [-0.39, 0.29) is 48.0 Å². The van der Waals surface area contributed by atoms with Crippen LogP contribution in [0, 0.1) is 30.6 Å². The van der Waals surface area contributed by atoms with Crippen molar-refractivity contribution in [3.05, 3.63) is 65.7 Å². The number of allylic oxidation sites excluding steroid dienone is 2. The van der Waals surface area contributed by atoms with Gasteiger partial charge in [0.25, 0.3) is 17.7 Å². The van der Waals surface area contributed by atoms with Gasteiger partial charge in [-0.2, -0.15) is 10.1 Å². The molecule has 3 aliphatic rings. The number of rotatable bonds is 7. The number of carbonyl (C=O) groups is 3. The summed E-state index contributed by atoms with van der Waals surface area (Å²) in [6, 6.07) is 12.6. The minimum absolute atomic E-state index is 0.120. The Morgan fingerprint density at radius 3 is 2.47 bits per heavy atom. The van der Waals surface area contributed by atoms with Crippen LogP contribution in [0.2, 0.25) is 0 Å². The highest BCUT2D eigenvalue weighted by Crippen LogP contribution is 2.52. The molecule has 174 valence electrons. The van der Waals surface area contributed by atoms with Gasteiger partial charge in [0.15, 0.2) is 18.1 Å². The summed E-state index contributed by atoms with van der Waals surface area (Å²) in [4.78, 5) is 38.2. The van der Waals surface area contributed by atoms with E-state index in [0.29, 0.717) is 22.7 Å². The summed E-state index contributed by atoms with van der Waals surface area (Å²) < 4.78 is 11.2. The van der Waals surface area contributed by atoms with Crippen molar-refractivity contribution in [1.29, 1.82) is 0 Å². The highest BCUT2D eigenvalue weighted by molar-refractivity contribution is 6.07. The monoisotopic (exact) mass is 459 g/mol. The molecule has 0 radical (unpaired) electrons. The third kappa shape index (κ3) is 3.75. The van der Waals surface area contributed by atoms with Crippen molar-refractivity contribution in [2.75, 3.05) is 19.0 Å². The molecule has 8 nitrogen and oxygen atoms in total. The first kappa shape index (κ1) is 21.9. The van der Waals surface area contributed by atoms with Crippen LogP contribution in [0.25, 0.3) is 0 Å². The maximum Gasteiger partial charge on any atom is 0.262 e. The minimum atomic E-state index is -0.330. The van der Waals surface area contributed by atoms with Gasteiger partial charge in [-0.05, 0) is 48.9 Å². The fraction of sp³-hybridized carbons (Fsp3) is 0.308. The lowest BCUT2D eigenvalue weighted by Gasteiger charge is -2.15. The number of hydrogen-bond donors (Lipinski definition) is 1. The topological polar surface area (TPSA) is 97.3 Å². The van der Waals surface area contributed by atoms with Gasteiger partial charge in [-0.25, -0.2) is 0 Å². The number of ether oxygens (including phenoxy) is 2. The van der Waals surface area contributed by atoms with Gasteiger partial charge in [-0.3, -0.25) is 14.4 Å². The number of carbonyl (C=O) groups excluding carboxylic acids is 3. The molecule has 34 heavy (non-hydrogen) atoms. The number of para-hydroxylation sites is 2. The van der Waals surface area contributed by atoms with Crippen LogP contribution in [0.1, 0.15) is 17.5 Å². The summed E-state index contributed by atoms with van der Waals surface area (Å²) in [5, 5.41) is 8.02. The average molecular weight is 460 g/mol. The normalized spacial score (nSPS) is 24.7. The Balaban J connectivity index is 1.32.